The number of benzene rings is 1. The first-order valence-corrected chi connectivity index (χ1v) is 10.6. The Morgan fingerprint density at radius 2 is 1.70 bits per heavy atom. The van der Waals surface area contributed by atoms with Gasteiger partial charge in [0.1, 0.15) is 5.58 Å². The summed E-state index contributed by atoms with van der Waals surface area (Å²) in [6, 6.07) is 11.9. The second-order valence-corrected chi connectivity index (χ2v) is 9.80. The molecule has 0 bridgehead atoms. The molecule has 1 aromatic carbocycles. The molecule has 0 aliphatic carbocycles. The molecule has 1 N–H and O–H groups in total. The molecule has 5 heteroatoms. The molecule has 0 atom stereocenters. The second-order valence-electron chi connectivity index (χ2n) is 9.80. The minimum atomic E-state index is 0.0248. The third-order valence-corrected chi connectivity index (χ3v) is 5.94. The van der Waals surface area contributed by atoms with Gasteiger partial charge in [-0.1, -0.05) is 12.1 Å². The van der Waals surface area contributed by atoms with Crippen LogP contribution in [0.15, 0.2) is 64.3 Å². The van der Waals surface area contributed by atoms with E-state index in [0.29, 0.717) is 29.1 Å². The number of fused-ring (bicyclic) bond motifs is 1. The number of nitrogens with zero attached hydrogens (tertiary/aromatic N) is 2. The van der Waals surface area contributed by atoms with Gasteiger partial charge in [-0.25, -0.2) is 0 Å². The number of hydrogen-bond donors (Lipinski definition) is 1. The lowest BCUT2D eigenvalue weighted by Gasteiger charge is -2.49. The Labute approximate surface area is 178 Å². The molecular formula is C25H31N3O2. The van der Waals surface area contributed by atoms with Crippen LogP contribution in [-0.2, 0) is 13.1 Å². The van der Waals surface area contributed by atoms with Crippen LogP contribution >= 0.6 is 0 Å². The number of pyridine rings is 1. The molecule has 1 aliphatic heterocycles. The predicted octanol–water partition coefficient (Wildman–Crippen LogP) is 4.50. The van der Waals surface area contributed by atoms with Crippen LogP contribution in [0.5, 0.6) is 0 Å². The molecule has 0 amide bonds. The van der Waals surface area contributed by atoms with Crippen LogP contribution < -0.4 is 10.7 Å². The number of para-hydroxylation sites is 1. The monoisotopic (exact) mass is 405 g/mol. The Hall–Kier alpha value is -2.50. The van der Waals surface area contributed by atoms with Gasteiger partial charge in [0, 0.05) is 48.2 Å². The van der Waals surface area contributed by atoms with Gasteiger partial charge in [-0.15, -0.1) is 0 Å². The Bertz CT molecular complexity index is 1060. The number of rotatable bonds is 5. The highest BCUT2D eigenvalue weighted by atomic mass is 16.3. The maximum atomic E-state index is 13.1. The molecule has 0 unspecified atom stereocenters. The lowest BCUT2D eigenvalue weighted by atomic mass is 9.79. The standard InChI is InChI=1S/C25H31N3O2/c1-24(2)13-20(14-25(3,4)27-24)28(15-18-9-11-26-12-10-18)16-19-17-30-22-8-6-5-7-21(22)23(19)29/h5-12,17,20,27H,13-16H2,1-4H3. The molecule has 1 aliphatic rings. The van der Waals surface area contributed by atoms with E-state index in [0.717, 1.165) is 19.4 Å². The number of aromatic nitrogens is 1. The lowest BCUT2D eigenvalue weighted by Crippen LogP contribution is -2.62. The lowest BCUT2D eigenvalue weighted by molar-refractivity contribution is 0.0559. The second kappa shape index (κ2) is 7.97. The van der Waals surface area contributed by atoms with Crippen LogP contribution in [0.25, 0.3) is 11.0 Å². The topological polar surface area (TPSA) is 58.4 Å². The van der Waals surface area contributed by atoms with Gasteiger partial charge in [0.15, 0.2) is 5.43 Å². The van der Waals surface area contributed by atoms with Gasteiger partial charge in [0.2, 0.25) is 0 Å². The molecule has 0 radical (unpaired) electrons. The van der Waals surface area contributed by atoms with Crippen molar-refractivity contribution in [1.29, 1.82) is 0 Å². The maximum Gasteiger partial charge on any atom is 0.197 e. The van der Waals surface area contributed by atoms with Crippen molar-refractivity contribution in [2.75, 3.05) is 0 Å². The van der Waals surface area contributed by atoms with Crippen LogP contribution in [0, 0.1) is 0 Å². The summed E-state index contributed by atoms with van der Waals surface area (Å²) in [6.45, 7) is 10.4. The van der Waals surface area contributed by atoms with Gasteiger partial charge in [-0.3, -0.25) is 14.7 Å². The normalized spacial score (nSPS) is 18.7. The van der Waals surface area contributed by atoms with Gasteiger partial charge in [0.05, 0.1) is 11.6 Å². The van der Waals surface area contributed by atoms with Crippen LogP contribution in [0.4, 0.5) is 0 Å². The average molecular weight is 406 g/mol. The van der Waals surface area contributed by atoms with Crippen molar-refractivity contribution in [2.24, 2.45) is 0 Å². The van der Waals surface area contributed by atoms with Gasteiger partial charge in [0.25, 0.3) is 0 Å². The Balaban J connectivity index is 1.69. The molecule has 158 valence electrons. The third kappa shape index (κ3) is 4.63. The van der Waals surface area contributed by atoms with E-state index in [1.54, 1.807) is 6.26 Å². The van der Waals surface area contributed by atoms with E-state index in [1.165, 1.54) is 5.56 Å². The predicted molar refractivity (Wildman–Crippen MR) is 120 cm³/mol. The van der Waals surface area contributed by atoms with Crippen molar-refractivity contribution in [3.8, 4) is 0 Å². The highest BCUT2D eigenvalue weighted by molar-refractivity contribution is 5.76. The third-order valence-electron chi connectivity index (χ3n) is 5.94. The van der Waals surface area contributed by atoms with Crippen molar-refractivity contribution in [2.45, 2.75) is 70.7 Å². The summed E-state index contributed by atoms with van der Waals surface area (Å²) < 4.78 is 5.79. The molecule has 0 spiro atoms. The smallest absolute Gasteiger partial charge is 0.197 e. The summed E-state index contributed by atoms with van der Waals surface area (Å²) in [5, 5.41) is 4.41. The van der Waals surface area contributed by atoms with E-state index in [4.69, 9.17) is 4.42 Å². The molecule has 5 nitrogen and oxygen atoms in total. The zero-order chi connectivity index (χ0) is 21.4. The van der Waals surface area contributed by atoms with E-state index in [9.17, 15) is 4.79 Å². The Morgan fingerprint density at radius 3 is 2.40 bits per heavy atom. The van der Waals surface area contributed by atoms with Crippen LogP contribution in [0.2, 0.25) is 0 Å². The highest BCUT2D eigenvalue weighted by Crippen LogP contribution is 2.33. The molecular weight excluding hydrogens is 374 g/mol. The van der Waals surface area contributed by atoms with Crippen molar-refractivity contribution >= 4 is 11.0 Å². The molecule has 3 heterocycles. The van der Waals surface area contributed by atoms with Crippen molar-refractivity contribution in [3.05, 3.63) is 76.4 Å². The van der Waals surface area contributed by atoms with Gasteiger partial charge < -0.3 is 9.73 Å². The number of hydrogen-bond acceptors (Lipinski definition) is 5. The quantitative estimate of drug-likeness (QED) is 0.677. The van der Waals surface area contributed by atoms with E-state index < -0.39 is 0 Å². The summed E-state index contributed by atoms with van der Waals surface area (Å²) in [6.07, 6.45) is 7.32. The highest BCUT2D eigenvalue weighted by Gasteiger charge is 2.40. The van der Waals surface area contributed by atoms with E-state index in [-0.39, 0.29) is 16.5 Å². The number of nitrogens with one attached hydrogen (secondary N) is 1. The summed E-state index contributed by atoms with van der Waals surface area (Å²) in [5.41, 5.74) is 2.65. The van der Waals surface area contributed by atoms with Crippen molar-refractivity contribution < 1.29 is 4.42 Å². The summed E-state index contributed by atoms with van der Waals surface area (Å²) >= 11 is 0. The largest absolute Gasteiger partial charge is 0.464 e. The first-order valence-electron chi connectivity index (χ1n) is 10.6. The summed E-state index contributed by atoms with van der Waals surface area (Å²) in [7, 11) is 0. The fourth-order valence-electron chi connectivity index (χ4n) is 5.01. The van der Waals surface area contributed by atoms with Crippen molar-refractivity contribution in [3.63, 3.8) is 0 Å². The molecule has 4 rings (SSSR count). The molecule has 30 heavy (non-hydrogen) atoms. The Kier molecular flexibility index (Phi) is 5.51. The average Bonchev–Trinajstić information content (AvgIpc) is 2.68. The molecule has 1 fully saturated rings. The van der Waals surface area contributed by atoms with Crippen molar-refractivity contribution in [1.82, 2.24) is 15.2 Å². The SMILES string of the molecule is CC1(C)CC(N(Cc2ccncc2)Cc2coc3ccccc3c2=O)CC(C)(C)N1. The summed E-state index contributed by atoms with van der Waals surface area (Å²) in [4.78, 5) is 19.7. The fourth-order valence-corrected chi connectivity index (χ4v) is 5.01. The molecule has 1 saturated heterocycles. The van der Waals surface area contributed by atoms with Crippen LogP contribution in [-0.4, -0.2) is 27.0 Å². The van der Waals surface area contributed by atoms with Crippen LogP contribution in [0.1, 0.15) is 51.7 Å². The zero-order valence-corrected chi connectivity index (χ0v) is 18.3. The van der Waals surface area contributed by atoms with E-state index in [2.05, 4.69) is 42.9 Å². The molecule has 3 aromatic rings. The first-order chi connectivity index (χ1) is 14.2. The maximum absolute atomic E-state index is 13.1. The zero-order valence-electron chi connectivity index (χ0n) is 18.3. The van der Waals surface area contributed by atoms with Gasteiger partial charge >= 0.3 is 0 Å². The fraction of sp³-hybridized carbons (Fsp3) is 0.440. The summed E-state index contributed by atoms with van der Waals surface area (Å²) in [5.74, 6) is 0. The van der Waals surface area contributed by atoms with Crippen LogP contribution in [0.3, 0.4) is 0 Å². The minimum absolute atomic E-state index is 0.0248. The molecule has 2 aromatic heterocycles. The van der Waals surface area contributed by atoms with E-state index >= 15 is 0 Å². The number of piperidine rings is 1. The molecule has 0 saturated carbocycles. The van der Waals surface area contributed by atoms with Gasteiger partial charge in [-0.2, -0.15) is 0 Å². The van der Waals surface area contributed by atoms with E-state index in [1.807, 2.05) is 48.8 Å². The van der Waals surface area contributed by atoms with Gasteiger partial charge in [-0.05, 0) is 70.4 Å². The Morgan fingerprint density at radius 1 is 1.03 bits per heavy atom. The minimum Gasteiger partial charge on any atom is -0.464 e. The first kappa shape index (κ1) is 20.8.